The molecule has 1 aromatic heterocycles. The van der Waals surface area contributed by atoms with Gasteiger partial charge in [0.15, 0.2) is 0 Å². The first-order chi connectivity index (χ1) is 12.4. The van der Waals surface area contributed by atoms with Crippen LogP contribution >= 0.6 is 11.3 Å². The average Bonchev–Trinajstić information content (AvgIpc) is 3.07. The van der Waals surface area contributed by atoms with Gasteiger partial charge in [-0.05, 0) is 37.5 Å². The lowest BCUT2D eigenvalue weighted by Gasteiger charge is -2.12. The molecule has 0 saturated carbocycles. The largest absolute Gasteiger partial charge is 0.334 e. The summed E-state index contributed by atoms with van der Waals surface area (Å²) in [4.78, 5) is 5.14. The van der Waals surface area contributed by atoms with E-state index in [1.54, 1.807) is 6.92 Å². The molecule has 0 amide bonds. The Bertz CT molecular complexity index is 915. The number of hydrogen-bond acceptors (Lipinski definition) is 3. The van der Waals surface area contributed by atoms with Crippen molar-refractivity contribution in [3.8, 4) is 0 Å². The van der Waals surface area contributed by atoms with E-state index in [2.05, 4.69) is 10.3 Å². The van der Waals surface area contributed by atoms with E-state index in [1.165, 1.54) is 17.4 Å². The van der Waals surface area contributed by atoms with E-state index >= 15 is 0 Å². The lowest BCUT2D eigenvalue weighted by molar-refractivity contribution is 0.0826. The number of benzene rings is 1. The summed E-state index contributed by atoms with van der Waals surface area (Å²) in [7, 11) is 0. The molecular formula is C18H15F4N3S. The van der Waals surface area contributed by atoms with Crippen LogP contribution in [0.2, 0.25) is 0 Å². The zero-order valence-corrected chi connectivity index (χ0v) is 14.6. The number of nitrogens with zero attached hydrogens (tertiary/aromatic N) is 1. The molecule has 3 nitrogen and oxygen atoms in total. The zero-order chi connectivity index (χ0) is 18.6. The lowest BCUT2D eigenvalue weighted by atomic mass is 9.97. The van der Waals surface area contributed by atoms with E-state index in [0.717, 1.165) is 17.0 Å². The average molecular weight is 381 g/mol. The number of halogens is 4. The molecule has 2 aliphatic rings. The summed E-state index contributed by atoms with van der Waals surface area (Å²) in [6, 6.07) is 2.92. The van der Waals surface area contributed by atoms with Crippen LogP contribution in [0.3, 0.4) is 0 Å². The second-order valence-electron chi connectivity index (χ2n) is 6.50. The van der Waals surface area contributed by atoms with E-state index < -0.39 is 30.0 Å². The summed E-state index contributed by atoms with van der Waals surface area (Å²) in [5.74, 6) is -2.23. The van der Waals surface area contributed by atoms with Gasteiger partial charge in [-0.25, -0.2) is 17.6 Å². The number of thiophene rings is 1. The SMILES string of the molecule is CC1N=C(c2c(F)cccc2F)c2c(sc3c2CC(C(F)F)C3)NC1=N. The molecule has 0 bridgehead atoms. The molecule has 2 unspecified atom stereocenters. The van der Waals surface area contributed by atoms with Crippen LogP contribution in [0.5, 0.6) is 0 Å². The predicted molar refractivity (Wildman–Crippen MR) is 94.0 cm³/mol. The van der Waals surface area contributed by atoms with Crippen molar-refractivity contribution in [3.05, 3.63) is 51.4 Å². The molecule has 0 fully saturated rings. The molecule has 2 atom stereocenters. The summed E-state index contributed by atoms with van der Waals surface area (Å²) < 4.78 is 55.2. The zero-order valence-electron chi connectivity index (χ0n) is 13.7. The molecule has 2 N–H and O–H groups in total. The first-order valence-corrected chi connectivity index (χ1v) is 8.99. The third kappa shape index (κ3) is 2.63. The summed E-state index contributed by atoms with van der Waals surface area (Å²) in [5.41, 5.74) is 0.917. The summed E-state index contributed by atoms with van der Waals surface area (Å²) in [6.45, 7) is 1.65. The van der Waals surface area contributed by atoms with Crippen LogP contribution in [-0.2, 0) is 12.8 Å². The molecule has 26 heavy (non-hydrogen) atoms. The molecule has 1 aliphatic heterocycles. The first kappa shape index (κ1) is 17.2. The van der Waals surface area contributed by atoms with Crippen LogP contribution in [0, 0.1) is 23.0 Å². The van der Waals surface area contributed by atoms with Gasteiger partial charge < -0.3 is 5.32 Å². The minimum atomic E-state index is -2.45. The van der Waals surface area contributed by atoms with E-state index in [1.807, 2.05) is 0 Å². The topological polar surface area (TPSA) is 48.2 Å². The Balaban J connectivity index is 1.94. The van der Waals surface area contributed by atoms with Crippen molar-refractivity contribution in [3.63, 3.8) is 0 Å². The number of amidine groups is 1. The van der Waals surface area contributed by atoms with E-state index in [9.17, 15) is 17.6 Å². The van der Waals surface area contributed by atoms with Crippen molar-refractivity contribution in [1.29, 1.82) is 5.41 Å². The third-order valence-electron chi connectivity index (χ3n) is 4.79. The van der Waals surface area contributed by atoms with Crippen molar-refractivity contribution in [2.75, 3.05) is 5.32 Å². The van der Waals surface area contributed by atoms with E-state index in [4.69, 9.17) is 5.41 Å². The number of anilines is 1. The van der Waals surface area contributed by atoms with Crippen molar-refractivity contribution < 1.29 is 17.6 Å². The molecule has 0 radical (unpaired) electrons. The Morgan fingerprint density at radius 3 is 2.54 bits per heavy atom. The number of rotatable bonds is 2. The Morgan fingerprint density at radius 1 is 1.19 bits per heavy atom. The second kappa shape index (κ2) is 6.19. The minimum Gasteiger partial charge on any atom is -0.334 e. The maximum atomic E-state index is 14.4. The van der Waals surface area contributed by atoms with Gasteiger partial charge >= 0.3 is 0 Å². The van der Waals surface area contributed by atoms with Crippen LogP contribution in [-0.4, -0.2) is 24.0 Å². The quantitative estimate of drug-likeness (QED) is 0.732. The monoisotopic (exact) mass is 381 g/mol. The molecule has 0 saturated heterocycles. The molecule has 0 spiro atoms. The standard InChI is InChI=1S/C18H15F4N3S/c1-7-17(23)25-18-13(9-5-8(16(21)22)6-12(9)26-18)15(24-7)14-10(19)3-2-4-11(14)20/h2-4,7-8,16H,5-6H2,1H3,(H2,23,25). The number of alkyl halides is 2. The lowest BCUT2D eigenvalue weighted by Crippen LogP contribution is -2.21. The normalized spacial score (nSPS) is 21.9. The Morgan fingerprint density at radius 2 is 1.88 bits per heavy atom. The summed E-state index contributed by atoms with van der Waals surface area (Å²) in [5, 5.41) is 11.5. The fourth-order valence-electron chi connectivity index (χ4n) is 3.45. The molecule has 8 heteroatoms. The number of fused-ring (bicyclic) bond motifs is 3. The Labute approximate surface area is 151 Å². The van der Waals surface area contributed by atoms with Gasteiger partial charge in [0.05, 0.1) is 11.3 Å². The van der Waals surface area contributed by atoms with Gasteiger partial charge in [-0.3, -0.25) is 10.4 Å². The Hall–Kier alpha value is -2.22. The molecule has 2 heterocycles. The maximum Gasteiger partial charge on any atom is 0.242 e. The van der Waals surface area contributed by atoms with Crippen LogP contribution < -0.4 is 5.32 Å². The van der Waals surface area contributed by atoms with Crippen LogP contribution in [0.1, 0.15) is 28.5 Å². The van der Waals surface area contributed by atoms with Gasteiger partial charge in [-0.2, -0.15) is 0 Å². The van der Waals surface area contributed by atoms with Crippen LogP contribution in [0.15, 0.2) is 23.2 Å². The van der Waals surface area contributed by atoms with Gasteiger partial charge in [0.1, 0.15) is 28.5 Å². The van der Waals surface area contributed by atoms with Gasteiger partial charge in [-0.1, -0.05) is 6.07 Å². The smallest absolute Gasteiger partial charge is 0.242 e. The van der Waals surface area contributed by atoms with Gasteiger partial charge in [0, 0.05) is 16.4 Å². The summed E-state index contributed by atoms with van der Waals surface area (Å²) >= 11 is 1.26. The number of aliphatic imine (C=N–C) groups is 1. The van der Waals surface area contributed by atoms with Crippen molar-refractivity contribution in [2.45, 2.75) is 32.2 Å². The minimum absolute atomic E-state index is 0.0882. The van der Waals surface area contributed by atoms with E-state index in [0.29, 0.717) is 16.1 Å². The second-order valence-corrected chi connectivity index (χ2v) is 7.60. The van der Waals surface area contributed by atoms with Crippen molar-refractivity contribution in [2.24, 2.45) is 10.9 Å². The van der Waals surface area contributed by atoms with Crippen LogP contribution in [0.4, 0.5) is 22.6 Å². The fraction of sp³-hybridized carbons (Fsp3) is 0.333. The molecule has 1 aliphatic carbocycles. The van der Waals surface area contributed by atoms with Gasteiger partial charge in [0.2, 0.25) is 6.43 Å². The predicted octanol–water partition coefficient (Wildman–Crippen LogP) is 4.63. The summed E-state index contributed by atoms with van der Waals surface area (Å²) in [6.07, 6.45) is -2.09. The fourth-order valence-corrected chi connectivity index (χ4v) is 4.78. The molecule has 4 rings (SSSR count). The van der Waals surface area contributed by atoms with E-state index in [-0.39, 0.29) is 30.0 Å². The van der Waals surface area contributed by atoms with Crippen molar-refractivity contribution >= 4 is 27.9 Å². The van der Waals surface area contributed by atoms with Crippen LogP contribution in [0.25, 0.3) is 0 Å². The number of nitrogens with one attached hydrogen (secondary N) is 2. The molecule has 1 aromatic carbocycles. The van der Waals surface area contributed by atoms with Crippen molar-refractivity contribution in [1.82, 2.24) is 0 Å². The maximum absolute atomic E-state index is 14.4. The molecular weight excluding hydrogens is 366 g/mol. The highest BCUT2D eigenvalue weighted by Crippen LogP contribution is 2.45. The van der Waals surface area contributed by atoms with Gasteiger partial charge in [0.25, 0.3) is 0 Å². The Kier molecular flexibility index (Phi) is 4.10. The highest BCUT2D eigenvalue weighted by Gasteiger charge is 2.37. The molecule has 2 aromatic rings. The first-order valence-electron chi connectivity index (χ1n) is 8.17. The highest BCUT2D eigenvalue weighted by atomic mass is 32.1. The molecule has 136 valence electrons. The highest BCUT2D eigenvalue weighted by molar-refractivity contribution is 7.17. The van der Waals surface area contributed by atoms with Gasteiger partial charge in [-0.15, -0.1) is 11.3 Å². The number of hydrogen-bond donors (Lipinski definition) is 2. The third-order valence-corrected chi connectivity index (χ3v) is 5.96.